The molecule has 0 bridgehead atoms. The SMILES string of the molecule is C[C@@H](N)c1ccccc1B1OC(C)(C)C(C)(C)O1. The predicted octanol–water partition coefficient (Wildman–Crippen LogP) is 2.01. The summed E-state index contributed by atoms with van der Waals surface area (Å²) in [6.45, 7) is 10.2. The lowest BCUT2D eigenvalue weighted by Gasteiger charge is -2.32. The van der Waals surface area contributed by atoms with Crippen molar-refractivity contribution in [2.24, 2.45) is 5.73 Å². The Morgan fingerprint density at radius 3 is 2.06 bits per heavy atom. The van der Waals surface area contributed by atoms with Crippen molar-refractivity contribution in [3.8, 4) is 0 Å². The monoisotopic (exact) mass is 247 g/mol. The highest BCUT2D eigenvalue weighted by molar-refractivity contribution is 6.62. The Labute approximate surface area is 110 Å². The molecule has 18 heavy (non-hydrogen) atoms. The van der Waals surface area contributed by atoms with Gasteiger partial charge >= 0.3 is 7.12 Å². The summed E-state index contributed by atoms with van der Waals surface area (Å²) in [6, 6.07) is 8.02. The molecule has 1 aromatic carbocycles. The zero-order valence-corrected chi connectivity index (χ0v) is 11.9. The fourth-order valence-corrected chi connectivity index (χ4v) is 2.11. The van der Waals surface area contributed by atoms with Crippen LogP contribution < -0.4 is 11.2 Å². The number of hydrogen-bond donors (Lipinski definition) is 1. The summed E-state index contributed by atoms with van der Waals surface area (Å²) in [6.07, 6.45) is 0. The molecule has 1 aliphatic rings. The van der Waals surface area contributed by atoms with Crippen LogP contribution in [0.4, 0.5) is 0 Å². The first kappa shape index (κ1) is 13.6. The highest BCUT2D eigenvalue weighted by Gasteiger charge is 2.52. The number of rotatable bonds is 2. The van der Waals surface area contributed by atoms with E-state index in [2.05, 4.69) is 27.7 Å². The molecular weight excluding hydrogens is 225 g/mol. The summed E-state index contributed by atoms with van der Waals surface area (Å²) in [4.78, 5) is 0. The molecule has 2 N–H and O–H groups in total. The number of hydrogen-bond acceptors (Lipinski definition) is 3. The van der Waals surface area contributed by atoms with Crippen molar-refractivity contribution in [1.29, 1.82) is 0 Å². The molecule has 0 unspecified atom stereocenters. The molecular formula is C14H22BNO2. The molecule has 0 spiro atoms. The van der Waals surface area contributed by atoms with Gasteiger partial charge in [-0.15, -0.1) is 0 Å². The van der Waals surface area contributed by atoms with E-state index in [4.69, 9.17) is 15.0 Å². The molecule has 0 aliphatic carbocycles. The van der Waals surface area contributed by atoms with E-state index in [-0.39, 0.29) is 24.4 Å². The molecule has 98 valence electrons. The van der Waals surface area contributed by atoms with Crippen LogP contribution in [0.2, 0.25) is 0 Å². The van der Waals surface area contributed by atoms with Gasteiger partial charge in [-0.25, -0.2) is 0 Å². The average Bonchev–Trinajstić information content (AvgIpc) is 2.48. The molecule has 0 radical (unpaired) electrons. The van der Waals surface area contributed by atoms with Crippen LogP contribution in [0.5, 0.6) is 0 Å². The first-order valence-electron chi connectivity index (χ1n) is 6.45. The maximum absolute atomic E-state index is 6.06. The Morgan fingerprint density at radius 2 is 1.56 bits per heavy atom. The van der Waals surface area contributed by atoms with Gasteiger partial charge in [-0.2, -0.15) is 0 Å². The van der Waals surface area contributed by atoms with Crippen molar-refractivity contribution >= 4 is 12.6 Å². The number of benzene rings is 1. The zero-order chi connectivity index (χ0) is 13.6. The smallest absolute Gasteiger partial charge is 0.399 e. The van der Waals surface area contributed by atoms with Gasteiger partial charge in [0.15, 0.2) is 0 Å². The number of nitrogens with two attached hydrogens (primary N) is 1. The van der Waals surface area contributed by atoms with Crippen LogP contribution in [0.15, 0.2) is 24.3 Å². The van der Waals surface area contributed by atoms with Crippen molar-refractivity contribution in [3.05, 3.63) is 29.8 Å². The van der Waals surface area contributed by atoms with Gasteiger partial charge in [-0.1, -0.05) is 24.3 Å². The standard InChI is InChI=1S/C14H22BNO2/c1-10(16)11-8-6-7-9-12(11)15-17-13(2,3)14(4,5)18-15/h6-10H,16H2,1-5H3/t10-/m1/s1. The molecule has 1 fully saturated rings. The highest BCUT2D eigenvalue weighted by Crippen LogP contribution is 2.36. The third kappa shape index (κ3) is 2.20. The Kier molecular flexibility index (Phi) is 3.30. The topological polar surface area (TPSA) is 44.5 Å². The fraction of sp³-hybridized carbons (Fsp3) is 0.571. The molecule has 1 saturated heterocycles. The van der Waals surface area contributed by atoms with Crippen LogP contribution in [0, 0.1) is 0 Å². The molecule has 1 atom stereocenters. The van der Waals surface area contributed by atoms with E-state index in [9.17, 15) is 0 Å². The largest absolute Gasteiger partial charge is 0.495 e. The van der Waals surface area contributed by atoms with Crippen molar-refractivity contribution in [1.82, 2.24) is 0 Å². The van der Waals surface area contributed by atoms with Crippen LogP contribution in [0.3, 0.4) is 0 Å². The molecule has 0 aromatic heterocycles. The predicted molar refractivity (Wildman–Crippen MR) is 74.8 cm³/mol. The molecule has 0 amide bonds. The van der Waals surface area contributed by atoms with Crippen LogP contribution in [0.25, 0.3) is 0 Å². The first-order chi connectivity index (χ1) is 8.24. The van der Waals surface area contributed by atoms with E-state index in [0.717, 1.165) is 11.0 Å². The maximum atomic E-state index is 6.06. The molecule has 1 heterocycles. The van der Waals surface area contributed by atoms with Gasteiger partial charge in [-0.3, -0.25) is 0 Å². The lowest BCUT2D eigenvalue weighted by molar-refractivity contribution is 0.00578. The van der Waals surface area contributed by atoms with Crippen molar-refractivity contribution < 1.29 is 9.31 Å². The second kappa shape index (κ2) is 4.37. The van der Waals surface area contributed by atoms with Crippen LogP contribution in [-0.2, 0) is 9.31 Å². The quantitative estimate of drug-likeness (QED) is 0.813. The zero-order valence-electron chi connectivity index (χ0n) is 11.9. The summed E-state index contributed by atoms with van der Waals surface area (Å²) < 4.78 is 12.1. The van der Waals surface area contributed by atoms with E-state index >= 15 is 0 Å². The van der Waals surface area contributed by atoms with E-state index in [1.165, 1.54) is 0 Å². The third-order valence-corrected chi connectivity index (χ3v) is 3.99. The van der Waals surface area contributed by atoms with Gasteiger partial charge in [0, 0.05) is 6.04 Å². The molecule has 1 aliphatic heterocycles. The van der Waals surface area contributed by atoms with Crippen LogP contribution in [0.1, 0.15) is 46.2 Å². The molecule has 3 nitrogen and oxygen atoms in total. The third-order valence-electron chi connectivity index (χ3n) is 3.99. The van der Waals surface area contributed by atoms with E-state index in [0.29, 0.717) is 0 Å². The highest BCUT2D eigenvalue weighted by atomic mass is 16.7. The molecule has 1 aromatic rings. The fourth-order valence-electron chi connectivity index (χ4n) is 2.11. The summed E-state index contributed by atoms with van der Waals surface area (Å²) in [5, 5.41) is 0. The van der Waals surface area contributed by atoms with Gasteiger partial charge in [-0.05, 0) is 45.6 Å². The summed E-state index contributed by atoms with van der Waals surface area (Å²) in [5.41, 5.74) is 7.49. The minimum absolute atomic E-state index is 0.0276. The van der Waals surface area contributed by atoms with Gasteiger partial charge in [0.2, 0.25) is 0 Å². The van der Waals surface area contributed by atoms with Crippen LogP contribution in [-0.4, -0.2) is 18.3 Å². The Balaban J connectivity index is 2.35. The second-order valence-corrected chi connectivity index (χ2v) is 6.01. The van der Waals surface area contributed by atoms with Gasteiger partial charge in [0.05, 0.1) is 11.2 Å². The van der Waals surface area contributed by atoms with E-state index < -0.39 is 0 Å². The second-order valence-electron chi connectivity index (χ2n) is 6.01. The Bertz CT molecular complexity index is 427. The lowest BCUT2D eigenvalue weighted by Crippen LogP contribution is -2.41. The first-order valence-corrected chi connectivity index (χ1v) is 6.45. The summed E-state index contributed by atoms with van der Waals surface area (Å²) in [5.74, 6) is 0. The van der Waals surface area contributed by atoms with Crippen molar-refractivity contribution in [2.45, 2.75) is 51.9 Å². The molecule has 4 heteroatoms. The maximum Gasteiger partial charge on any atom is 0.495 e. The Morgan fingerprint density at radius 1 is 1.06 bits per heavy atom. The molecule has 2 rings (SSSR count). The van der Waals surface area contributed by atoms with Crippen LogP contribution >= 0.6 is 0 Å². The molecule has 0 saturated carbocycles. The van der Waals surface area contributed by atoms with Crippen molar-refractivity contribution in [3.63, 3.8) is 0 Å². The van der Waals surface area contributed by atoms with Gasteiger partial charge in [0.1, 0.15) is 0 Å². The van der Waals surface area contributed by atoms with E-state index in [1.807, 2.05) is 31.2 Å². The minimum atomic E-state index is -0.336. The summed E-state index contributed by atoms with van der Waals surface area (Å²) in [7, 11) is -0.336. The normalized spacial score (nSPS) is 23.1. The minimum Gasteiger partial charge on any atom is -0.399 e. The van der Waals surface area contributed by atoms with E-state index in [1.54, 1.807) is 0 Å². The van der Waals surface area contributed by atoms with Gasteiger partial charge < -0.3 is 15.0 Å². The van der Waals surface area contributed by atoms with Crippen molar-refractivity contribution in [2.75, 3.05) is 0 Å². The lowest BCUT2D eigenvalue weighted by atomic mass is 9.74. The summed E-state index contributed by atoms with van der Waals surface area (Å²) >= 11 is 0. The Hall–Kier alpha value is -0.835. The van der Waals surface area contributed by atoms with Gasteiger partial charge in [0.25, 0.3) is 0 Å². The average molecular weight is 247 g/mol.